The standard InChI is InChI=1S/C21H23N3O2.2C2HF3O2/c1-26-20-7-3-2-6-18(20)24-13-11-23(12-14-24)15-16-8-9-19(25)21-17(16)5-4-10-22-21;2*3-2(4,5)1(6)7/h2-10,25H,11-15H2,1H3;2*(H,6,7). The van der Waals surface area contributed by atoms with Crippen LogP contribution in [0.2, 0.25) is 0 Å². The SMILES string of the molecule is COc1ccccc1N1CCN(Cc2ccc(O)c3ncccc23)CC1.O=C(O)C(F)(F)F.O=C(O)C(F)(F)F. The highest BCUT2D eigenvalue weighted by Gasteiger charge is 2.38. The molecule has 0 bridgehead atoms. The molecule has 1 aliphatic rings. The fraction of sp³-hybridized carbons (Fsp3) is 0.320. The number of phenolic OH excluding ortho intramolecular Hbond substituents is 1. The highest BCUT2D eigenvalue weighted by molar-refractivity contribution is 5.87. The van der Waals surface area contributed by atoms with Crippen LogP contribution in [-0.2, 0) is 16.1 Å². The fourth-order valence-electron chi connectivity index (χ4n) is 3.63. The van der Waals surface area contributed by atoms with Gasteiger partial charge in [-0.2, -0.15) is 26.3 Å². The second kappa shape index (κ2) is 13.7. The number of carbonyl (C=O) groups is 2. The largest absolute Gasteiger partial charge is 0.506 e. The number of hydrogen-bond donors (Lipinski definition) is 3. The van der Waals surface area contributed by atoms with Crippen molar-refractivity contribution in [3.63, 3.8) is 0 Å². The van der Waals surface area contributed by atoms with E-state index in [1.807, 2.05) is 30.3 Å². The number of pyridine rings is 1. The lowest BCUT2D eigenvalue weighted by Crippen LogP contribution is -2.46. The van der Waals surface area contributed by atoms with Gasteiger partial charge in [-0.05, 0) is 29.8 Å². The molecule has 3 aromatic rings. The van der Waals surface area contributed by atoms with Gasteiger partial charge in [-0.3, -0.25) is 9.88 Å². The summed E-state index contributed by atoms with van der Waals surface area (Å²) < 4.78 is 69.0. The molecule has 9 nitrogen and oxygen atoms in total. The quantitative estimate of drug-likeness (QED) is 0.384. The first-order chi connectivity index (χ1) is 18.6. The lowest BCUT2D eigenvalue weighted by molar-refractivity contribution is -0.193. The number of ether oxygens (including phenoxy) is 1. The first-order valence-electron chi connectivity index (χ1n) is 11.4. The molecule has 218 valence electrons. The summed E-state index contributed by atoms with van der Waals surface area (Å²) in [4.78, 5) is 26.9. The molecule has 0 atom stereocenters. The van der Waals surface area contributed by atoms with E-state index in [4.69, 9.17) is 24.5 Å². The normalized spacial score (nSPS) is 13.9. The van der Waals surface area contributed by atoms with Crippen LogP contribution in [0.25, 0.3) is 10.9 Å². The van der Waals surface area contributed by atoms with Crippen LogP contribution in [0.15, 0.2) is 54.7 Å². The van der Waals surface area contributed by atoms with Crippen LogP contribution in [0.5, 0.6) is 11.5 Å². The zero-order chi connectivity index (χ0) is 30.1. The number of carboxylic acid groups (broad SMARTS) is 2. The van der Waals surface area contributed by atoms with Crippen molar-refractivity contribution in [1.82, 2.24) is 9.88 Å². The zero-order valence-corrected chi connectivity index (χ0v) is 20.9. The van der Waals surface area contributed by atoms with Gasteiger partial charge in [0.05, 0.1) is 12.8 Å². The third-order valence-electron chi connectivity index (χ3n) is 5.52. The smallest absolute Gasteiger partial charge is 0.490 e. The number of nitrogens with zero attached hydrogens (tertiary/aromatic N) is 3. The van der Waals surface area contributed by atoms with Gasteiger partial charge < -0.3 is 25.0 Å². The van der Waals surface area contributed by atoms with Crippen LogP contribution in [0.4, 0.5) is 32.0 Å². The molecule has 2 heterocycles. The molecule has 0 amide bonds. The van der Waals surface area contributed by atoms with Crippen molar-refractivity contribution in [2.45, 2.75) is 18.9 Å². The summed E-state index contributed by atoms with van der Waals surface area (Å²) in [5.74, 6) is -4.35. The van der Waals surface area contributed by atoms with E-state index >= 15 is 0 Å². The zero-order valence-electron chi connectivity index (χ0n) is 20.9. The Morgan fingerprint density at radius 1 is 0.875 bits per heavy atom. The molecule has 40 heavy (non-hydrogen) atoms. The van der Waals surface area contributed by atoms with Crippen LogP contribution < -0.4 is 9.64 Å². The van der Waals surface area contributed by atoms with E-state index in [0.717, 1.165) is 49.5 Å². The van der Waals surface area contributed by atoms with Crippen molar-refractivity contribution in [1.29, 1.82) is 0 Å². The van der Waals surface area contributed by atoms with E-state index < -0.39 is 24.3 Å². The highest BCUT2D eigenvalue weighted by atomic mass is 19.4. The molecule has 0 radical (unpaired) electrons. The number of fused-ring (bicyclic) bond motifs is 1. The fourth-order valence-corrected chi connectivity index (χ4v) is 3.63. The van der Waals surface area contributed by atoms with E-state index in [1.165, 1.54) is 5.56 Å². The van der Waals surface area contributed by atoms with E-state index in [2.05, 4.69) is 26.9 Å². The molecule has 0 saturated carbocycles. The molecular formula is C25H25F6N3O6. The third kappa shape index (κ3) is 9.18. The number of para-hydroxylation sites is 2. The van der Waals surface area contributed by atoms with Crippen molar-refractivity contribution >= 4 is 28.5 Å². The molecule has 2 aromatic carbocycles. The number of aromatic hydroxyl groups is 1. The van der Waals surface area contributed by atoms with E-state index in [9.17, 15) is 31.4 Å². The summed E-state index contributed by atoms with van der Waals surface area (Å²) in [6.07, 6.45) is -8.45. The first kappa shape index (κ1) is 31.9. The highest BCUT2D eigenvalue weighted by Crippen LogP contribution is 2.30. The molecule has 1 aromatic heterocycles. The molecule has 0 unspecified atom stereocenters. The molecule has 4 rings (SSSR count). The third-order valence-corrected chi connectivity index (χ3v) is 5.52. The molecular weight excluding hydrogens is 552 g/mol. The predicted octanol–water partition coefficient (Wildman–Crippen LogP) is 4.54. The minimum atomic E-state index is -5.08. The van der Waals surface area contributed by atoms with Gasteiger partial charge in [-0.25, -0.2) is 9.59 Å². The van der Waals surface area contributed by atoms with Gasteiger partial charge in [-0.1, -0.05) is 24.3 Å². The van der Waals surface area contributed by atoms with Crippen molar-refractivity contribution in [3.05, 3.63) is 60.3 Å². The van der Waals surface area contributed by atoms with Crippen LogP contribution in [0.3, 0.4) is 0 Å². The Balaban J connectivity index is 0.000000333. The number of aromatic nitrogens is 1. The Bertz CT molecular complexity index is 1270. The maximum absolute atomic E-state index is 10.6. The minimum Gasteiger partial charge on any atom is -0.506 e. The van der Waals surface area contributed by atoms with Crippen molar-refractivity contribution < 1.29 is 56.0 Å². The minimum absolute atomic E-state index is 0.241. The van der Waals surface area contributed by atoms with Gasteiger partial charge in [0.25, 0.3) is 0 Å². The van der Waals surface area contributed by atoms with Gasteiger partial charge in [0.2, 0.25) is 0 Å². The number of carboxylic acids is 2. The second-order valence-electron chi connectivity index (χ2n) is 8.18. The molecule has 1 saturated heterocycles. The number of anilines is 1. The average molecular weight is 577 g/mol. The van der Waals surface area contributed by atoms with Crippen molar-refractivity contribution in [2.24, 2.45) is 0 Å². The molecule has 3 N–H and O–H groups in total. The molecule has 1 aliphatic heterocycles. The van der Waals surface area contributed by atoms with Crippen LogP contribution in [0.1, 0.15) is 5.56 Å². The lowest BCUT2D eigenvalue weighted by atomic mass is 10.1. The summed E-state index contributed by atoms with van der Waals surface area (Å²) in [5.41, 5.74) is 3.04. The summed E-state index contributed by atoms with van der Waals surface area (Å²) in [6.45, 7) is 4.77. The molecule has 0 aliphatic carbocycles. The monoisotopic (exact) mass is 577 g/mol. The number of rotatable bonds is 4. The summed E-state index contributed by atoms with van der Waals surface area (Å²) in [7, 11) is 1.72. The summed E-state index contributed by atoms with van der Waals surface area (Å²) in [6, 6.07) is 15.9. The van der Waals surface area contributed by atoms with Crippen LogP contribution >= 0.6 is 0 Å². The Labute approximate surface area is 223 Å². The number of piperazine rings is 1. The van der Waals surface area contributed by atoms with E-state index in [1.54, 1.807) is 19.4 Å². The van der Waals surface area contributed by atoms with E-state index in [0.29, 0.717) is 5.52 Å². The number of halogens is 6. The maximum atomic E-state index is 10.6. The second-order valence-corrected chi connectivity index (χ2v) is 8.18. The van der Waals surface area contributed by atoms with Gasteiger partial charge in [0.15, 0.2) is 0 Å². The predicted molar refractivity (Wildman–Crippen MR) is 131 cm³/mol. The first-order valence-corrected chi connectivity index (χ1v) is 11.4. The topological polar surface area (TPSA) is 123 Å². The Kier molecular flexibility index (Phi) is 10.9. The summed E-state index contributed by atoms with van der Waals surface area (Å²) >= 11 is 0. The van der Waals surface area contributed by atoms with Crippen molar-refractivity contribution in [3.8, 4) is 11.5 Å². The number of benzene rings is 2. The van der Waals surface area contributed by atoms with Crippen LogP contribution in [0, 0.1) is 0 Å². The number of aliphatic carboxylic acids is 2. The van der Waals surface area contributed by atoms with Gasteiger partial charge in [0.1, 0.15) is 17.0 Å². The van der Waals surface area contributed by atoms with E-state index in [-0.39, 0.29) is 5.75 Å². The molecule has 0 spiro atoms. The summed E-state index contributed by atoms with van der Waals surface area (Å²) in [5, 5.41) is 25.3. The number of hydrogen-bond acceptors (Lipinski definition) is 7. The maximum Gasteiger partial charge on any atom is 0.490 e. The average Bonchev–Trinajstić information content (AvgIpc) is 2.90. The number of alkyl halides is 6. The molecule has 15 heteroatoms. The Morgan fingerprint density at radius 3 is 1.95 bits per heavy atom. The van der Waals surface area contributed by atoms with Crippen LogP contribution in [-0.4, -0.2) is 82.8 Å². The van der Waals surface area contributed by atoms with Crippen molar-refractivity contribution in [2.75, 3.05) is 38.2 Å². The number of phenols is 1. The number of methoxy groups -OCH3 is 1. The van der Waals surface area contributed by atoms with Gasteiger partial charge in [0, 0.05) is 44.3 Å². The molecule has 1 fully saturated rings. The van der Waals surface area contributed by atoms with Gasteiger partial charge in [-0.15, -0.1) is 0 Å². The Morgan fingerprint density at radius 2 is 1.43 bits per heavy atom. The van der Waals surface area contributed by atoms with Gasteiger partial charge >= 0.3 is 24.3 Å². The Hall–Kier alpha value is -4.27. The lowest BCUT2D eigenvalue weighted by Gasteiger charge is -2.36.